The lowest BCUT2D eigenvalue weighted by Crippen LogP contribution is -2.42. The molecule has 112 valence electrons. The van der Waals surface area contributed by atoms with Gasteiger partial charge in [-0.1, -0.05) is 31.0 Å². The van der Waals surface area contributed by atoms with Crippen LogP contribution in [0, 0.1) is 11.8 Å². The first-order valence-corrected chi connectivity index (χ1v) is 6.83. The van der Waals surface area contributed by atoms with Crippen LogP contribution in [0.3, 0.4) is 0 Å². The summed E-state index contributed by atoms with van der Waals surface area (Å²) in [5.74, 6) is -4.64. The van der Waals surface area contributed by atoms with Crippen LogP contribution < -0.4 is 15.5 Å². The lowest BCUT2D eigenvalue weighted by Gasteiger charge is -2.31. The van der Waals surface area contributed by atoms with Gasteiger partial charge in [0.15, 0.2) is 0 Å². The monoisotopic (exact) mass is 289 g/mol. The second-order valence-electron chi connectivity index (χ2n) is 5.14. The van der Waals surface area contributed by atoms with Crippen molar-refractivity contribution in [3.8, 4) is 0 Å². The molecular formula is C15H15NO5-2. The van der Waals surface area contributed by atoms with Gasteiger partial charge in [0.2, 0.25) is 5.91 Å². The number of hydrogen-bond donors (Lipinski definition) is 1. The van der Waals surface area contributed by atoms with Crippen molar-refractivity contribution in [1.82, 2.24) is 0 Å². The van der Waals surface area contributed by atoms with Gasteiger partial charge in [0.05, 0.1) is 5.97 Å². The highest BCUT2D eigenvalue weighted by Gasteiger charge is 2.32. The van der Waals surface area contributed by atoms with Gasteiger partial charge in [-0.2, -0.15) is 0 Å². The van der Waals surface area contributed by atoms with Crippen LogP contribution in [0.5, 0.6) is 0 Å². The van der Waals surface area contributed by atoms with Crippen molar-refractivity contribution in [2.75, 3.05) is 5.32 Å². The molecule has 0 spiro atoms. The van der Waals surface area contributed by atoms with Crippen molar-refractivity contribution < 1.29 is 24.6 Å². The Morgan fingerprint density at radius 2 is 1.62 bits per heavy atom. The number of benzene rings is 1. The van der Waals surface area contributed by atoms with Crippen molar-refractivity contribution >= 4 is 23.5 Å². The molecular weight excluding hydrogens is 274 g/mol. The van der Waals surface area contributed by atoms with Crippen LogP contribution in [0.4, 0.5) is 5.69 Å². The number of aliphatic carboxylic acids is 1. The van der Waals surface area contributed by atoms with E-state index >= 15 is 0 Å². The molecule has 6 heteroatoms. The Morgan fingerprint density at radius 3 is 2.24 bits per heavy atom. The van der Waals surface area contributed by atoms with Crippen LogP contribution in [-0.2, 0) is 9.59 Å². The Labute approximate surface area is 121 Å². The maximum atomic E-state index is 12.2. The fraction of sp³-hybridized carbons (Fsp3) is 0.400. The van der Waals surface area contributed by atoms with Crippen molar-refractivity contribution in [1.29, 1.82) is 0 Å². The summed E-state index contributed by atoms with van der Waals surface area (Å²) < 4.78 is 0. The summed E-state index contributed by atoms with van der Waals surface area (Å²) in [6.07, 6.45) is 2.38. The van der Waals surface area contributed by atoms with Crippen LogP contribution in [0.1, 0.15) is 36.0 Å². The molecule has 2 atom stereocenters. The average Bonchev–Trinajstić information content (AvgIpc) is 2.47. The molecule has 0 bridgehead atoms. The molecule has 21 heavy (non-hydrogen) atoms. The average molecular weight is 289 g/mol. The highest BCUT2D eigenvalue weighted by Crippen LogP contribution is 2.31. The molecule has 0 saturated heterocycles. The van der Waals surface area contributed by atoms with Gasteiger partial charge >= 0.3 is 0 Å². The summed E-state index contributed by atoms with van der Waals surface area (Å²) >= 11 is 0. The number of aromatic carboxylic acids is 1. The van der Waals surface area contributed by atoms with Gasteiger partial charge in [0.1, 0.15) is 0 Å². The maximum absolute atomic E-state index is 12.2. The number of amides is 1. The van der Waals surface area contributed by atoms with Crippen molar-refractivity contribution in [2.45, 2.75) is 25.7 Å². The number of anilines is 1. The van der Waals surface area contributed by atoms with E-state index in [4.69, 9.17) is 0 Å². The Balaban J connectivity index is 2.17. The van der Waals surface area contributed by atoms with Crippen LogP contribution in [0.25, 0.3) is 0 Å². The summed E-state index contributed by atoms with van der Waals surface area (Å²) in [6, 6.07) is 5.87. The SMILES string of the molecule is O=C([O-])c1ccccc1NC(=O)C1CCCCC1C(=O)[O-]. The second-order valence-corrected chi connectivity index (χ2v) is 5.14. The summed E-state index contributed by atoms with van der Waals surface area (Å²) in [5, 5.41) is 24.6. The van der Waals surface area contributed by atoms with Gasteiger partial charge in [0, 0.05) is 29.1 Å². The summed E-state index contributed by atoms with van der Waals surface area (Å²) in [5.41, 5.74) is -0.0168. The quantitative estimate of drug-likeness (QED) is 0.807. The molecule has 0 aromatic heterocycles. The molecule has 1 saturated carbocycles. The first kappa shape index (κ1) is 15.0. The smallest absolute Gasteiger partial charge is 0.228 e. The van der Waals surface area contributed by atoms with Gasteiger partial charge in [-0.25, -0.2) is 0 Å². The minimum absolute atomic E-state index is 0.116. The molecule has 1 amide bonds. The van der Waals surface area contributed by atoms with E-state index in [2.05, 4.69) is 5.32 Å². The normalized spacial score (nSPS) is 21.5. The first-order chi connectivity index (χ1) is 10.0. The molecule has 6 nitrogen and oxygen atoms in total. The molecule has 2 unspecified atom stereocenters. The zero-order chi connectivity index (χ0) is 15.4. The predicted octanol–water partition coefficient (Wildman–Crippen LogP) is -0.455. The fourth-order valence-electron chi connectivity index (χ4n) is 2.72. The summed E-state index contributed by atoms with van der Waals surface area (Å²) in [4.78, 5) is 34.3. The largest absolute Gasteiger partial charge is 0.550 e. The molecule has 1 fully saturated rings. The Bertz CT molecular complexity index is 569. The number of carboxylic acid groups (broad SMARTS) is 2. The Kier molecular flexibility index (Phi) is 4.57. The maximum Gasteiger partial charge on any atom is 0.228 e. The van der Waals surface area contributed by atoms with E-state index in [9.17, 15) is 24.6 Å². The number of carbonyl (C=O) groups is 3. The third-order valence-electron chi connectivity index (χ3n) is 3.81. The minimum Gasteiger partial charge on any atom is -0.550 e. The zero-order valence-electron chi connectivity index (χ0n) is 11.3. The van der Waals surface area contributed by atoms with Gasteiger partial charge in [-0.15, -0.1) is 0 Å². The fourth-order valence-corrected chi connectivity index (χ4v) is 2.72. The third-order valence-corrected chi connectivity index (χ3v) is 3.81. The van der Waals surface area contributed by atoms with Crippen LogP contribution in [0.2, 0.25) is 0 Å². The van der Waals surface area contributed by atoms with E-state index in [0.29, 0.717) is 12.8 Å². The van der Waals surface area contributed by atoms with E-state index in [0.717, 1.165) is 12.8 Å². The number of hydrogen-bond acceptors (Lipinski definition) is 5. The third kappa shape index (κ3) is 3.39. The highest BCUT2D eigenvalue weighted by atomic mass is 16.4. The van der Waals surface area contributed by atoms with Crippen LogP contribution in [0.15, 0.2) is 24.3 Å². The molecule has 1 aromatic carbocycles. The van der Waals surface area contributed by atoms with E-state index in [1.165, 1.54) is 18.2 Å². The van der Waals surface area contributed by atoms with Gasteiger partial charge in [-0.05, 0) is 18.9 Å². The standard InChI is InChI=1S/C15H17NO5/c17-13(9-5-1-2-6-10(9)14(18)19)16-12-8-4-3-7-11(12)15(20)21/h3-4,7-10H,1-2,5-6H2,(H,16,17)(H,18,19)(H,20,21)/p-2. The molecule has 0 radical (unpaired) electrons. The van der Waals surface area contributed by atoms with Crippen molar-refractivity contribution in [2.24, 2.45) is 11.8 Å². The van der Waals surface area contributed by atoms with Gasteiger partial charge < -0.3 is 25.1 Å². The topological polar surface area (TPSA) is 109 Å². The predicted molar refractivity (Wildman–Crippen MR) is 69.9 cm³/mol. The molecule has 2 rings (SSSR count). The van der Waals surface area contributed by atoms with E-state index < -0.39 is 29.7 Å². The summed E-state index contributed by atoms with van der Waals surface area (Å²) in [7, 11) is 0. The van der Waals surface area contributed by atoms with Gasteiger partial charge in [-0.3, -0.25) is 4.79 Å². The van der Waals surface area contributed by atoms with Crippen molar-refractivity contribution in [3.63, 3.8) is 0 Å². The molecule has 1 N–H and O–H groups in total. The molecule has 0 heterocycles. The minimum atomic E-state index is -1.40. The van der Waals surface area contributed by atoms with E-state index in [-0.39, 0.29) is 11.3 Å². The number of carboxylic acids is 2. The zero-order valence-corrected chi connectivity index (χ0v) is 11.3. The highest BCUT2D eigenvalue weighted by molar-refractivity contribution is 6.01. The van der Waals surface area contributed by atoms with E-state index in [1.54, 1.807) is 6.07 Å². The lowest BCUT2D eigenvalue weighted by atomic mass is 9.78. The second kappa shape index (κ2) is 6.39. The Morgan fingerprint density at radius 1 is 1.00 bits per heavy atom. The molecule has 1 aliphatic rings. The number of nitrogens with one attached hydrogen (secondary N) is 1. The van der Waals surface area contributed by atoms with E-state index in [1.807, 2.05) is 0 Å². The lowest BCUT2D eigenvalue weighted by molar-refractivity contribution is -0.313. The first-order valence-electron chi connectivity index (χ1n) is 6.83. The summed E-state index contributed by atoms with van der Waals surface area (Å²) in [6.45, 7) is 0. The number of carbonyl (C=O) groups excluding carboxylic acids is 3. The molecule has 0 aliphatic heterocycles. The number of para-hydroxylation sites is 1. The molecule has 1 aromatic rings. The number of rotatable bonds is 4. The van der Waals surface area contributed by atoms with Crippen molar-refractivity contribution in [3.05, 3.63) is 29.8 Å². The molecule has 1 aliphatic carbocycles. The van der Waals surface area contributed by atoms with Crippen LogP contribution >= 0.6 is 0 Å². The Hall–Kier alpha value is -2.37. The van der Waals surface area contributed by atoms with Gasteiger partial charge in [0.25, 0.3) is 0 Å². The van der Waals surface area contributed by atoms with Crippen LogP contribution in [-0.4, -0.2) is 17.8 Å².